The smallest absolute Gasteiger partial charge is 0.262 e. The Morgan fingerprint density at radius 3 is 3.00 bits per heavy atom. The number of carbonyl (C=O) groups is 1. The van der Waals surface area contributed by atoms with E-state index in [0.717, 1.165) is 10.6 Å². The number of anilines is 1. The number of hydrogen-bond acceptors (Lipinski definition) is 5. The summed E-state index contributed by atoms with van der Waals surface area (Å²) in [4.78, 5) is 15.9. The van der Waals surface area contributed by atoms with Crippen LogP contribution < -0.4 is 10.1 Å². The Morgan fingerprint density at radius 1 is 1.27 bits per heavy atom. The fraction of sp³-hybridized carbons (Fsp3) is 0.0667. The number of thiophene rings is 1. The molecule has 3 heterocycles. The molecule has 0 fully saturated rings. The van der Waals surface area contributed by atoms with E-state index in [1.807, 2.05) is 22.2 Å². The average molecular weight is 332 g/mol. The summed E-state index contributed by atoms with van der Waals surface area (Å²) < 4.78 is 19.2. The van der Waals surface area contributed by atoms with Crippen molar-refractivity contribution in [2.24, 2.45) is 0 Å². The molecule has 22 heavy (non-hydrogen) atoms. The molecule has 0 aliphatic carbocycles. The molecule has 7 heteroatoms. The molecule has 1 aliphatic rings. The molecule has 110 valence electrons. The Balaban J connectivity index is 1.76. The molecule has 1 N–H and O–H groups in total. The summed E-state index contributed by atoms with van der Waals surface area (Å²) >= 11 is 3.10. The third kappa shape index (κ3) is 2.28. The summed E-state index contributed by atoms with van der Waals surface area (Å²) in [6.07, 6.45) is 0. The SMILES string of the molecule is O=C1COc2c(F)cc(-c3csc(-c4ccsc4)n3)cc2N1. The highest BCUT2D eigenvalue weighted by atomic mass is 32.1. The highest BCUT2D eigenvalue weighted by molar-refractivity contribution is 7.14. The summed E-state index contributed by atoms with van der Waals surface area (Å²) in [5.41, 5.74) is 2.68. The van der Waals surface area contributed by atoms with Crippen LogP contribution >= 0.6 is 22.7 Å². The predicted octanol–water partition coefficient (Wildman–Crippen LogP) is 4.01. The number of aromatic nitrogens is 1. The van der Waals surface area contributed by atoms with E-state index in [1.54, 1.807) is 17.4 Å². The second-order valence-electron chi connectivity index (χ2n) is 4.72. The molecule has 0 saturated heterocycles. The fourth-order valence-electron chi connectivity index (χ4n) is 2.23. The van der Waals surface area contributed by atoms with Gasteiger partial charge in [-0.2, -0.15) is 11.3 Å². The molecule has 1 amide bonds. The monoisotopic (exact) mass is 332 g/mol. The van der Waals surface area contributed by atoms with Crippen molar-refractivity contribution in [2.75, 3.05) is 11.9 Å². The second kappa shape index (κ2) is 5.19. The number of nitrogens with zero attached hydrogens (tertiary/aromatic N) is 1. The van der Waals surface area contributed by atoms with Gasteiger partial charge in [-0.15, -0.1) is 11.3 Å². The molecule has 4 rings (SSSR count). The van der Waals surface area contributed by atoms with E-state index in [1.165, 1.54) is 17.4 Å². The van der Waals surface area contributed by atoms with E-state index in [9.17, 15) is 9.18 Å². The van der Waals surface area contributed by atoms with Gasteiger partial charge in [0.25, 0.3) is 5.91 Å². The van der Waals surface area contributed by atoms with Gasteiger partial charge in [0.2, 0.25) is 0 Å². The van der Waals surface area contributed by atoms with Crippen LogP contribution in [0.25, 0.3) is 21.8 Å². The number of thiazole rings is 1. The van der Waals surface area contributed by atoms with E-state index in [4.69, 9.17) is 4.74 Å². The lowest BCUT2D eigenvalue weighted by Crippen LogP contribution is -2.26. The van der Waals surface area contributed by atoms with Crippen molar-refractivity contribution >= 4 is 34.3 Å². The van der Waals surface area contributed by atoms with Crippen molar-refractivity contribution in [2.45, 2.75) is 0 Å². The number of nitrogens with one attached hydrogen (secondary N) is 1. The van der Waals surface area contributed by atoms with Gasteiger partial charge in [0, 0.05) is 21.9 Å². The Bertz CT molecular complexity index is 859. The predicted molar refractivity (Wildman–Crippen MR) is 84.9 cm³/mol. The maximum Gasteiger partial charge on any atom is 0.262 e. The zero-order valence-corrected chi connectivity index (χ0v) is 12.8. The Morgan fingerprint density at radius 2 is 2.18 bits per heavy atom. The molecule has 1 aromatic carbocycles. The molecule has 0 saturated carbocycles. The van der Waals surface area contributed by atoms with Gasteiger partial charge in [-0.1, -0.05) is 0 Å². The number of amides is 1. The lowest BCUT2D eigenvalue weighted by Gasteiger charge is -2.18. The summed E-state index contributed by atoms with van der Waals surface area (Å²) in [5, 5.41) is 9.38. The molecule has 0 bridgehead atoms. The van der Waals surface area contributed by atoms with Crippen LogP contribution in [0.3, 0.4) is 0 Å². The Hall–Kier alpha value is -2.25. The van der Waals surface area contributed by atoms with Gasteiger partial charge in [0.1, 0.15) is 5.01 Å². The molecular formula is C15H9FN2O2S2. The van der Waals surface area contributed by atoms with Gasteiger partial charge in [0.15, 0.2) is 18.2 Å². The summed E-state index contributed by atoms with van der Waals surface area (Å²) in [6.45, 7) is -0.164. The maximum absolute atomic E-state index is 14.1. The number of rotatable bonds is 2. The third-order valence-electron chi connectivity index (χ3n) is 3.23. The first-order valence-corrected chi connectivity index (χ1v) is 8.27. The first-order chi connectivity index (χ1) is 10.7. The van der Waals surface area contributed by atoms with Crippen molar-refractivity contribution in [3.8, 4) is 27.6 Å². The number of benzene rings is 1. The highest BCUT2D eigenvalue weighted by Gasteiger charge is 2.21. The van der Waals surface area contributed by atoms with Crippen LogP contribution in [-0.2, 0) is 4.79 Å². The standard InChI is InChI=1S/C15H9FN2O2S2/c16-10-3-9(4-11-14(10)20-5-13(19)17-11)12-7-22-15(18-12)8-1-2-21-6-8/h1-4,6-7H,5H2,(H,17,19). The van der Waals surface area contributed by atoms with Gasteiger partial charge >= 0.3 is 0 Å². The molecule has 2 aromatic heterocycles. The van der Waals surface area contributed by atoms with E-state index in [0.29, 0.717) is 16.9 Å². The van der Waals surface area contributed by atoms with Gasteiger partial charge in [0.05, 0.1) is 11.4 Å². The van der Waals surface area contributed by atoms with Gasteiger partial charge < -0.3 is 10.1 Å². The summed E-state index contributed by atoms with van der Waals surface area (Å²) in [7, 11) is 0. The van der Waals surface area contributed by atoms with E-state index in [-0.39, 0.29) is 18.3 Å². The van der Waals surface area contributed by atoms with E-state index in [2.05, 4.69) is 10.3 Å². The van der Waals surface area contributed by atoms with Crippen molar-refractivity contribution < 1.29 is 13.9 Å². The van der Waals surface area contributed by atoms with Crippen molar-refractivity contribution in [1.29, 1.82) is 0 Å². The molecule has 0 spiro atoms. The van der Waals surface area contributed by atoms with Crippen LogP contribution in [0.1, 0.15) is 0 Å². The van der Waals surface area contributed by atoms with Crippen LogP contribution in [0.15, 0.2) is 34.3 Å². The first kappa shape index (κ1) is 13.4. The Kier molecular flexibility index (Phi) is 3.16. The number of fused-ring (bicyclic) bond motifs is 1. The van der Waals surface area contributed by atoms with Crippen LogP contribution in [0.2, 0.25) is 0 Å². The molecular weight excluding hydrogens is 323 g/mol. The second-order valence-corrected chi connectivity index (χ2v) is 6.36. The van der Waals surface area contributed by atoms with Crippen LogP contribution in [0, 0.1) is 5.82 Å². The molecule has 3 aromatic rings. The quantitative estimate of drug-likeness (QED) is 0.771. The molecule has 1 aliphatic heterocycles. The molecule has 4 nitrogen and oxygen atoms in total. The van der Waals surface area contributed by atoms with Gasteiger partial charge in [-0.25, -0.2) is 9.37 Å². The third-order valence-corrected chi connectivity index (χ3v) is 4.81. The molecule has 0 unspecified atom stereocenters. The minimum atomic E-state index is -0.502. The lowest BCUT2D eigenvalue weighted by molar-refractivity contribution is -0.118. The van der Waals surface area contributed by atoms with Gasteiger partial charge in [-0.05, 0) is 23.6 Å². The average Bonchev–Trinajstić information content (AvgIpc) is 3.18. The number of carbonyl (C=O) groups excluding carboxylic acids is 1. The first-order valence-electron chi connectivity index (χ1n) is 6.45. The normalized spacial score (nSPS) is 13.4. The minimum Gasteiger partial charge on any atom is -0.478 e. The summed E-state index contributed by atoms with van der Waals surface area (Å²) in [6, 6.07) is 5.06. The molecule has 0 radical (unpaired) electrons. The zero-order valence-electron chi connectivity index (χ0n) is 11.1. The largest absolute Gasteiger partial charge is 0.478 e. The number of ether oxygens (including phenoxy) is 1. The van der Waals surface area contributed by atoms with E-state index >= 15 is 0 Å². The zero-order chi connectivity index (χ0) is 15.1. The molecule has 0 atom stereocenters. The van der Waals surface area contributed by atoms with Crippen molar-refractivity contribution in [3.63, 3.8) is 0 Å². The van der Waals surface area contributed by atoms with Crippen LogP contribution in [-0.4, -0.2) is 17.5 Å². The Labute approximate surface area is 133 Å². The maximum atomic E-state index is 14.1. The van der Waals surface area contributed by atoms with Crippen LogP contribution in [0.4, 0.5) is 10.1 Å². The van der Waals surface area contributed by atoms with Crippen LogP contribution in [0.5, 0.6) is 5.75 Å². The van der Waals surface area contributed by atoms with Crippen molar-refractivity contribution in [1.82, 2.24) is 4.98 Å². The van der Waals surface area contributed by atoms with Crippen molar-refractivity contribution in [3.05, 3.63) is 40.2 Å². The van der Waals surface area contributed by atoms with E-state index < -0.39 is 5.82 Å². The fourth-order valence-corrected chi connectivity index (χ4v) is 3.77. The minimum absolute atomic E-state index is 0.0802. The summed E-state index contributed by atoms with van der Waals surface area (Å²) in [5.74, 6) is -0.712. The lowest BCUT2D eigenvalue weighted by atomic mass is 10.1. The van der Waals surface area contributed by atoms with Gasteiger partial charge in [-0.3, -0.25) is 4.79 Å². The number of halogens is 1. The highest BCUT2D eigenvalue weighted by Crippen LogP contribution is 2.37. The number of hydrogen-bond donors (Lipinski definition) is 1. The topological polar surface area (TPSA) is 51.2 Å².